The Morgan fingerprint density at radius 1 is 1.10 bits per heavy atom. The van der Waals surface area contributed by atoms with Gasteiger partial charge in [-0.2, -0.15) is 0 Å². The Kier molecular flexibility index (Phi) is 14.6. The van der Waals surface area contributed by atoms with E-state index in [1.807, 2.05) is 6.92 Å². The van der Waals surface area contributed by atoms with E-state index in [0.717, 1.165) is 0 Å². The highest BCUT2D eigenvalue weighted by Crippen LogP contribution is 1.84. The molecular formula is C7H18O3. The highest BCUT2D eigenvalue weighted by Gasteiger charge is 1.93. The van der Waals surface area contributed by atoms with Crippen LogP contribution >= 0.6 is 0 Å². The molecule has 0 aliphatic rings. The van der Waals surface area contributed by atoms with Gasteiger partial charge in [0.15, 0.2) is 0 Å². The fourth-order valence-electron chi connectivity index (χ4n) is 0.303. The van der Waals surface area contributed by atoms with Crippen LogP contribution < -0.4 is 0 Å². The smallest absolute Gasteiger partial charge is 0.0776 e. The van der Waals surface area contributed by atoms with Crippen molar-refractivity contribution in [3.63, 3.8) is 0 Å². The molecule has 1 atom stereocenters. The molecule has 3 heteroatoms. The molecule has 64 valence electrons. The predicted octanol–water partition coefficient (Wildman–Crippen LogP) is 0.930. The van der Waals surface area contributed by atoms with Gasteiger partial charge in [0.2, 0.25) is 0 Å². The van der Waals surface area contributed by atoms with Crippen LogP contribution in [-0.2, 0) is 14.2 Å². The molecule has 0 spiro atoms. The molecule has 0 bridgehead atoms. The first kappa shape index (κ1) is 12.5. The summed E-state index contributed by atoms with van der Waals surface area (Å²) in [4.78, 5) is 0. The first-order valence-corrected chi connectivity index (χ1v) is 3.14. The lowest BCUT2D eigenvalue weighted by atomic mass is 10.4. The molecule has 0 aliphatic heterocycles. The summed E-state index contributed by atoms with van der Waals surface area (Å²) in [5.74, 6) is 0. The Morgan fingerprint density at radius 2 is 1.50 bits per heavy atom. The second-order valence-electron chi connectivity index (χ2n) is 1.91. The molecular weight excluding hydrogens is 132 g/mol. The van der Waals surface area contributed by atoms with Crippen molar-refractivity contribution < 1.29 is 14.2 Å². The second kappa shape index (κ2) is 11.6. The molecule has 0 aliphatic carbocycles. The van der Waals surface area contributed by atoms with Gasteiger partial charge in [0.25, 0.3) is 0 Å². The summed E-state index contributed by atoms with van der Waals surface area (Å²) in [5.41, 5.74) is 0. The first-order chi connectivity index (χ1) is 4.72. The van der Waals surface area contributed by atoms with E-state index in [4.69, 9.17) is 9.47 Å². The van der Waals surface area contributed by atoms with Crippen LogP contribution in [-0.4, -0.2) is 41.2 Å². The molecule has 0 aromatic rings. The average molecular weight is 150 g/mol. The van der Waals surface area contributed by atoms with Crippen LogP contribution in [0, 0.1) is 0 Å². The second-order valence-corrected chi connectivity index (χ2v) is 1.91. The van der Waals surface area contributed by atoms with Crippen molar-refractivity contribution >= 4 is 0 Å². The number of rotatable bonds is 3. The topological polar surface area (TPSA) is 27.7 Å². The van der Waals surface area contributed by atoms with E-state index in [-0.39, 0.29) is 6.10 Å². The minimum absolute atomic E-state index is 0.227. The van der Waals surface area contributed by atoms with Gasteiger partial charge in [0.05, 0.1) is 12.7 Å². The van der Waals surface area contributed by atoms with Gasteiger partial charge in [-0.05, 0) is 6.92 Å². The van der Waals surface area contributed by atoms with E-state index in [9.17, 15) is 0 Å². The van der Waals surface area contributed by atoms with Gasteiger partial charge in [0.1, 0.15) is 0 Å². The maximum atomic E-state index is 4.87. The van der Waals surface area contributed by atoms with Gasteiger partial charge >= 0.3 is 0 Å². The minimum Gasteiger partial charge on any atom is -0.388 e. The van der Waals surface area contributed by atoms with E-state index >= 15 is 0 Å². The molecule has 3 nitrogen and oxygen atoms in total. The van der Waals surface area contributed by atoms with Crippen LogP contribution in [0.5, 0.6) is 0 Å². The number of hydrogen-bond donors (Lipinski definition) is 0. The van der Waals surface area contributed by atoms with Crippen molar-refractivity contribution in [3.8, 4) is 0 Å². The first-order valence-electron chi connectivity index (χ1n) is 3.14. The lowest BCUT2D eigenvalue weighted by molar-refractivity contribution is 0.0401. The third kappa shape index (κ3) is 15.7. The Balaban J connectivity index is 0. The molecule has 0 saturated carbocycles. The number of hydrogen-bond acceptors (Lipinski definition) is 3. The van der Waals surface area contributed by atoms with E-state index in [2.05, 4.69) is 4.74 Å². The molecule has 0 aromatic heterocycles. The Labute approximate surface area is 63.3 Å². The summed E-state index contributed by atoms with van der Waals surface area (Å²) < 4.78 is 13.9. The van der Waals surface area contributed by atoms with Crippen molar-refractivity contribution in [1.29, 1.82) is 0 Å². The predicted molar refractivity (Wildman–Crippen MR) is 41.3 cm³/mol. The third-order valence-electron chi connectivity index (χ3n) is 0.804. The summed E-state index contributed by atoms with van der Waals surface area (Å²) in [6, 6.07) is 0. The van der Waals surface area contributed by atoms with Crippen LogP contribution in [0.1, 0.15) is 6.92 Å². The lowest BCUT2D eigenvalue weighted by Crippen LogP contribution is -2.11. The maximum absolute atomic E-state index is 4.87. The van der Waals surface area contributed by atoms with Gasteiger partial charge in [-0.3, -0.25) is 0 Å². The van der Waals surface area contributed by atoms with Crippen molar-refractivity contribution in [3.05, 3.63) is 0 Å². The van der Waals surface area contributed by atoms with E-state index in [1.54, 1.807) is 28.4 Å². The van der Waals surface area contributed by atoms with Crippen LogP contribution in [0.3, 0.4) is 0 Å². The molecule has 0 fully saturated rings. The average Bonchev–Trinajstić information content (AvgIpc) is 1.90. The molecule has 1 unspecified atom stereocenters. The maximum Gasteiger partial charge on any atom is 0.0776 e. The number of methoxy groups -OCH3 is 3. The fourth-order valence-corrected chi connectivity index (χ4v) is 0.303. The Hall–Kier alpha value is -0.120. The van der Waals surface area contributed by atoms with Gasteiger partial charge in [-0.15, -0.1) is 0 Å². The zero-order valence-corrected chi connectivity index (χ0v) is 7.51. The van der Waals surface area contributed by atoms with Crippen LogP contribution in [0.15, 0.2) is 0 Å². The zero-order chi connectivity index (χ0) is 8.41. The van der Waals surface area contributed by atoms with Gasteiger partial charge in [-0.1, -0.05) is 0 Å². The van der Waals surface area contributed by atoms with Crippen LogP contribution in [0.25, 0.3) is 0 Å². The quantitative estimate of drug-likeness (QED) is 0.599. The fraction of sp³-hybridized carbons (Fsp3) is 1.00. The summed E-state index contributed by atoms with van der Waals surface area (Å²) >= 11 is 0. The standard InChI is InChI=1S/C5H12O2.C2H6O/c1-5(7-3)4-6-2;1-3-2/h5H,4H2,1-3H3;1-2H3. The summed E-state index contributed by atoms with van der Waals surface area (Å²) in [6.07, 6.45) is 0.227. The summed E-state index contributed by atoms with van der Waals surface area (Å²) in [7, 11) is 6.58. The van der Waals surface area contributed by atoms with Crippen molar-refractivity contribution in [1.82, 2.24) is 0 Å². The highest BCUT2D eigenvalue weighted by atomic mass is 16.5. The lowest BCUT2D eigenvalue weighted by Gasteiger charge is -2.05. The van der Waals surface area contributed by atoms with E-state index in [0.29, 0.717) is 6.61 Å². The monoisotopic (exact) mass is 150 g/mol. The zero-order valence-electron chi connectivity index (χ0n) is 7.51. The SMILES string of the molecule is COC.COCC(C)OC. The number of ether oxygens (including phenoxy) is 3. The van der Waals surface area contributed by atoms with Gasteiger partial charge < -0.3 is 14.2 Å². The van der Waals surface area contributed by atoms with Gasteiger partial charge in [-0.25, -0.2) is 0 Å². The summed E-state index contributed by atoms with van der Waals surface area (Å²) in [5, 5.41) is 0. The Morgan fingerprint density at radius 3 is 1.60 bits per heavy atom. The van der Waals surface area contributed by atoms with Crippen molar-refractivity contribution in [2.24, 2.45) is 0 Å². The molecule has 0 amide bonds. The van der Waals surface area contributed by atoms with E-state index < -0.39 is 0 Å². The minimum atomic E-state index is 0.227. The molecule has 10 heavy (non-hydrogen) atoms. The van der Waals surface area contributed by atoms with E-state index in [1.165, 1.54) is 0 Å². The molecule has 0 heterocycles. The van der Waals surface area contributed by atoms with Crippen LogP contribution in [0.4, 0.5) is 0 Å². The Bertz CT molecular complexity index is 48.1. The van der Waals surface area contributed by atoms with Crippen LogP contribution in [0.2, 0.25) is 0 Å². The summed E-state index contributed by atoms with van der Waals surface area (Å²) in [6.45, 7) is 2.64. The molecule has 0 aromatic carbocycles. The largest absolute Gasteiger partial charge is 0.388 e. The normalized spacial score (nSPS) is 11.7. The van der Waals surface area contributed by atoms with Gasteiger partial charge in [0, 0.05) is 28.4 Å². The molecule has 0 radical (unpaired) electrons. The van der Waals surface area contributed by atoms with Crippen molar-refractivity contribution in [2.45, 2.75) is 13.0 Å². The molecule has 0 rings (SSSR count). The third-order valence-corrected chi connectivity index (χ3v) is 0.804. The molecule has 0 saturated heterocycles. The molecule has 0 N–H and O–H groups in total. The van der Waals surface area contributed by atoms with Crippen molar-refractivity contribution in [2.75, 3.05) is 35.0 Å². The highest BCUT2D eigenvalue weighted by molar-refractivity contribution is 4.41.